The maximum atomic E-state index is 12.0. The minimum atomic E-state index is -0.295. The minimum Gasteiger partial charge on any atom is -0.466 e. The first-order chi connectivity index (χ1) is 59.5. The molecule has 20 nitrogen and oxygen atoms in total. The molecule has 0 radical (unpaired) electrons. The van der Waals surface area contributed by atoms with Crippen LogP contribution in [0, 0.1) is 0 Å². The Morgan fingerprint density at radius 2 is 0.508 bits per heavy atom. The number of nitrogens with one attached hydrogen (secondary N) is 6. The molecule has 0 amide bonds. The Balaban J connectivity index is 0.638. The van der Waals surface area contributed by atoms with Gasteiger partial charge in [0.15, 0.2) is 0 Å². The largest absolute Gasteiger partial charge is 0.466 e. The predicted octanol–water partition coefficient (Wildman–Crippen LogP) is 21.6. The van der Waals surface area contributed by atoms with Gasteiger partial charge in [-0.2, -0.15) is 0 Å². The van der Waals surface area contributed by atoms with Crippen LogP contribution in [0.5, 0.6) is 0 Å². The van der Waals surface area contributed by atoms with E-state index in [0.29, 0.717) is 48.8 Å². The number of H-pyrrole nitrogens is 6. The number of hydrogen-bond acceptors (Lipinski definition) is 14. The zero-order valence-electron chi connectivity index (χ0n) is 68.0. The number of imidazole rings is 6. The van der Waals surface area contributed by atoms with Gasteiger partial charge in [0.2, 0.25) is 0 Å². The third-order valence-electron chi connectivity index (χ3n) is 26.3. The van der Waals surface area contributed by atoms with Crippen LogP contribution in [0.1, 0.15) is 125 Å². The lowest BCUT2D eigenvalue weighted by Gasteiger charge is -2.71. The lowest BCUT2D eigenvalue weighted by molar-refractivity contribution is -0.144. The molecule has 0 aliphatic heterocycles. The zero-order valence-corrected chi connectivity index (χ0v) is 68.0. The molecule has 14 N–H and O–H groups in total. The van der Waals surface area contributed by atoms with Gasteiger partial charge >= 0.3 is 11.9 Å². The van der Waals surface area contributed by atoms with Gasteiger partial charge in [0.25, 0.3) is 0 Å². The fourth-order valence-electron chi connectivity index (χ4n) is 20.9. The number of aromatic amines is 6. The maximum absolute atomic E-state index is 12.0. The van der Waals surface area contributed by atoms with Crippen molar-refractivity contribution >= 4 is 101 Å². The molecule has 6 heterocycles. The van der Waals surface area contributed by atoms with E-state index in [9.17, 15) is 9.59 Å². The minimum absolute atomic E-state index is 0.155. The quantitative estimate of drug-likeness (QED) is 0.0153. The number of rotatable bonds is 24. The molecule has 4 aliphatic carbocycles. The van der Waals surface area contributed by atoms with Gasteiger partial charge in [-0.1, -0.05) is 146 Å². The number of carbonyl (C=O) groups is 2. The molecular weight excluding hydrogens is 1510 g/mol. The van der Waals surface area contributed by atoms with Crippen molar-refractivity contribution in [2.45, 2.75) is 125 Å². The number of anilines is 4. The summed E-state index contributed by atoms with van der Waals surface area (Å²) in [7, 11) is 0. The average Bonchev–Trinajstić information content (AvgIpc) is 0.682. The summed E-state index contributed by atoms with van der Waals surface area (Å²) >= 11 is 0. The molecule has 122 heavy (non-hydrogen) atoms. The second-order valence-corrected chi connectivity index (χ2v) is 34.3. The summed E-state index contributed by atoms with van der Waals surface area (Å²) in [6, 6.07) is 87.5. The molecule has 6 aromatic heterocycles. The average molecular weight is 1610 g/mol. The fraction of sp³-hybridized carbons (Fsp3) is 0.216. The van der Waals surface area contributed by atoms with Crippen LogP contribution >= 0.6 is 0 Å². The highest BCUT2D eigenvalue weighted by atomic mass is 16.5. The van der Waals surface area contributed by atoms with Crippen molar-refractivity contribution in [2.24, 2.45) is 0 Å². The molecular formula is C102H92N16O4. The Bertz CT molecular complexity index is 6690. The van der Waals surface area contributed by atoms with Crippen molar-refractivity contribution in [1.82, 2.24) is 59.8 Å². The summed E-state index contributed by atoms with van der Waals surface area (Å²) < 4.78 is 10.3. The molecule has 22 rings (SSSR count). The van der Waals surface area contributed by atoms with Crippen LogP contribution < -0.4 is 22.9 Å². The molecule has 0 spiro atoms. The lowest BCUT2D eigenvalue weighted by Crippen LogP contribution is -2.67. The van der Waals surface area contributed by atoms with Gasteiger partial charge in [0.1, 0.15) is 34.9 Å². The van der Waals surface area contributed by atoms with E-state index in [1.54, 1.807) is 0 Å². The topological polar surface area (TPSA) is 329 Å². The van der Waals surface area contributed by atoms with Gasteiger partial charge in [-0.05, 0) is 264 Å². The first kappa shape index (κ1) is 75.1. The first-order valence-corrected chi connectivity index (χ1v) is 42.5. The highest BCUT2D eigenvalue weighted by Gasteiger charge is 2.69. The fourth-order valence-corrected chi connectivity index (χ4v) is 20.9. The number of nitrogens with two attached hydrogens (primary N) is 4. The predicted molar refractivity (Wildman–Crippen MR) is 488 cm³/mol. The lowest BCUT2D eigenvalue weighted by atomic mass is 9.32. The Morgan fingerprint density at radius 3 is 0.762 bits per heavy atom. The molecule has 4 bridgehead atoms. The number of hydrogen-bond donors (Lipinski definition) is 10. The van der Waals surface area contributed by atoms with E-state index < -0.39 is 0 Å². The van der Waals surface area contributed by atoms with E-state index >= 15 is 0 Å². The number of aromatic nitrogens is 12. The highest BCUT2D eigenvalue weighted by molar-refractivity contribution is 5.92. The second-order valence-electron chi connectivity index (χ2n) is 34.3. The van der Waals surface area contributed by atoms with Gasteiger partial charge in [0.05, 0.1) is 102 Å². The third kappa shape index (κ3) is 13.8. The molecule has 18 aromatic rings. The van der Waals surface area contributed by atoms with Crippen molar-refractivity contribution in [3.63, 3.8) is 0 Å². The van der Waals surface area contributed by atoms with Gasteiger partial charge < -0.3 is 62.3 Å². The third-order valence-corrected chi connectivity index (χ3v) is 26.3. The number of esters is 2. The zero-order chi connectivity index (χ0) is 82.6. The standard InChI is InChI=1S/C102H92N16O4/c1-3-121-93(119)11-7-5-9-91-107-79-39-23-67(47-85(79)109-91)69-27-43-83-89(51-69)117-97(113-83)61-17-33-73(34-18-61)101-54-99(71-29-13-59(14-30-71)95-111-81-41-25-65(49-87(81)115-95)63-21-37-75(103)77(105)45-63)53-100(55-101,72-31-15-60(16-32-72)96-112-82-42-26-66(50-88(82)116-96)64-22-38-76(104)78(106)46-64)57-102(56-99,58-101)74-35-19-62(20-36-74)98-114-84-44-28-70(52-90(84)118-98)68-24-40-80-86(48-68)110-92(108-80)10-6-8-12-94(120)122-4-2/h13-52H,3-12,53-58,103-106H2,1-2H3,(H,107,109)(H,108,110)(H,111,115)(H,112,116)(H,113,117)(H,114,118). The number of nitrogen functional groups attached to an aromatic ring is 4. The van der Waals surface area contributed by atoms with Crippen LogP contribution in [0.2, 0.25) is 0 Å². The second kappa shape index (κ2) is 29.8. The SMILES string of the molecule is CCOC(=O)CCCCc1nc2ccc(-c3ccc4nc(-c5ccc(C67CC8(c9ccc(-c%10nc%11ccc(-c%12ccc(N)c(N)c%12)cc%11[nH]%10)cc9)CC(c9ccc(-c%10nc%11ccc(-c%12ccc(N)c(N)c%12)cc%11[nH]%10)cc9)(C6)CC(c6ccc(-c9nc%10ccc(-c%11ccc%12nc(CCCCC(=O)OCC)[nH]c%12c%11)cc%10[nH]9)cc6)(C8)C7)cc5)[nH]c4c3)cc2[nH]1. The summed E-state index contributed by atoms with van der Waals surface area (Å²) in [4.78, 5) is 76.7. The van der Waals surface area contributed by atoms with Crippen molar-refractivity contribution in [3.8, 4) is 90.1 Å². The molecule has 4 aliphatic rings. The van der Waals surface area contributed by atoms with Crippen LogP contribution in [0.4, 0.5) is 22.7 Å². The maximum Gasteiger partial charge on any atom is 0.305 e. The van der Waals surface area contributed by atoms with E-state index in [0.717, 1.165) is 245 Å². The molecule has 0 atom stereocenters. The number of ether oxygens (including phenoxy) is 2. The number of fused-ring (bicyclic) bond motifs is 6. The number of aryl methyl sites for hydroxylation is 2. The highest BCUT2D eigenvalue weighted by Crippen LogP contribution is 2.75. The number of benzene rings is 12. The molecule has 4 fully saturated rings. The Morgan fingerprint density at radius 1 is 0.279 bits per heavy atom. The summed E-state index contributed by atoms with van der Waals surface area (Å²) in [6.07, 6.45) is 11.2. The first-order valence-electron chi connectivity index (χ1n) is 42.5. The summed E-state index contributed by atoms with van der Waals surface area (Å²) in [6.45, 7) is 4.46. The van der Waals surface area contributed by atoms with Crippen molar-refractivity contribution in [1.29, 1.82) is 0 Å². The monoisotopic (exact) mass is 1600 g/mol. The van der Waals surface area contributed by atoms with Gasteiger partial charge in [-0.3, -0.25) is 9.59 Å². The van der Waals surface area contributed by atoms with Gasteiger partial charge in [-0.15, -0.1) is 0 Å². The summed E-state index contributed by atoms with van der Waals surface area (Å²) in [5.74, 6) is 4.75. The van der Waals surface area contributed by atoms with Crippen LogP contribution in [0.25, 0.3) is 156 Å². The Hall–Kier alpha value is -14.4. The van der Waals surface area contributed by atoms with Crippen LogP contribution in [-0.4, -0.2) is 85.0 Å². The molecule has 20 heteroatoms. The smallest absolute Gasteiger partial charge is 0.305 e. The molecule has 4 saturated carbocycles. The Labute approximate surface area is 703 Å². The Kier molecular flexibility index (Phi) is 18.4. The van der Waals surface area contributed by atoms with E-state index in [1.807, 2.05) is 50.2 Å². The van der Waals surface area contributed by atoms with Crippen molar-refractivity contribution < 1.29 is 19.1 Å². The van der Waals surface area contributed by atoms with Crippen LogP contribution in [0.15, 0.2) is 243 Å². The molecule has 12 aromatic carbocycles. The van der Waals surface area contributed by atoms with Crippen LogP contribution in [0.3, 0.4) is 0 Å². The summed E-state index contributed by atoms with van der Waals surface area (Å²) in [5.41, 5.74) is 54.8. The van der Waals surface area contributed by atoms with Crippen molar-refractivity contribution in [2.75, 3.05) is 36.1 Å². The molecule has 604 valence electrons. The van der Waals surface area contributed by atoms with Crippen LogP contribution in [-0.2, 0) is 53.6 Å². The van der Waals surface area contributed by atoms with Crippen molar-refractivity contribution in [3.05, 3.63) is 277 Å². The molecule has 0 unspecified atom stereocenters. The van der Waals surface area contributed by atoms with E-state index in [2.05, 4.69) is 236 Å². The van der Waals surface area contributed by atoms with E-state index in [1.165, 1.54) is 22.3 Å². The van der Waals surface area contributed by atoms with Gasteiger partial charge in [-0.25, -0.2) is 29.9 Å². The summed E-state index contributed by atoms with van der Waals surface area (Å²) in [5, 5.41) is 0. The number of unbranched alkanes of at least 4 members (excludes halogenated alkanes) is 2. The van der Waals surface area contributed by atoms with Gasteiger partial charge in [0, 0.05) is 47.9 Å². The molecule has 0 saturated heterocycles. The van der Waals surface area contributed by atoms with E-state index in [-0.39, 0.29) is 33.6 Å². The number of carbonyl (C=O) groups excluding carboxylic acids is 2. The number of nitrogens with zero attached hydrogens (tertiary/aromatic N) is 6. The van der Waals surface area contributed by atoms with E-state index in [4.69, 9.17) is 62.3 Å². The normalized spacial score (nSPS) is 18.0.